The molecule has 25 heavy (non-hydrogen) atoms. The second-order valence-electron chi connectivity index (χ2n) is 4.99. The number of carbonyl (C=O) groups excluding carboxylic acids is 2. The molecule has 2 rings (SSSR count). The largest absolute Gasteiger partial charge is 0.480 e. The van der Waals surface area contributed by atoms with Crippen LogP contribution in [-0.4, -0.2) is 63.1 Å². The van der Waals surface area contributed by atoms with Gasteiger partial charge in [-0.05, 0) is 12.1 Å². The molecule has 0 radical (unpaired) electrons. The van der Waals surface area contributed by atoms with Crippen LogP contribution in [0, 0.1) is 0 Å². The quantitative estimate of drug-likeness (QED) is 0.501. The van der Waals surface area contributed by atoms with Crippen LogP contribution < -0.4 is 11.1 Å². The average molecular weight is 366 g/mol. The van der Waals surface area contributed by atoms with Gasteiger partial charge in [0.05, 0.1) is 6.67 Å². The maximum absolute atomic E-state index is 12.7. The highest BCUT2D eigenvalue weighted by Crippen LogP contribution is 2.31. The summed E-state index contributed by atoms with van der Waals surface area (Å²) in [5.74, 6) is -2.02. The van der Waals surface area contributed by atoms with Crippen LogP contribution in [0.1, 0.15) is 10.4 Å². The summed E-state index contributed by atoms with van der Waals surface area (Å²) < 4.78 is 0. The van der Waals surface area contributed by atoms with Gasteiger partial charge in [0.1, 0.15) is 19.0 Å². The lowest BCUT2D eigenvalue weighted by Gasteiger charge is -2.32. The number of nitrogens with zero attached hydrogens (tertiary/aromatic N) is 2. The SMILES string of the molecule is NCN1C(N(CC(=O)O)C(=O)c2ccccc2)=CSC1NC(=O)CO. The van der Waals surface area contributed by atoms with E-state index >= 15 is 0 Å². The number of rotatable bonds is 7. The van der Waals surface area contributed by atoms with E-state index in [4.69, 9.17) is 15.9 Å². The van der Waals surface area contributed by atoms with Gasteiger partial charge in [-0.3, -0.25) is 19.3 Å². The Morgan fingerprint density at radius 1 is 1.28 bits per heavy atom. The first kappa shape index (κ1) is 18.8. The van der Waals surface area contributed by atoms with Crippen molar-refractivity contribution in [3.8, 4) is 0 Å². The highest BCUT2D eigenvalue weighted by molar-refractivity contribution is 8.02. The van der Waals surface area contributed by atoms with Gasteiger partial charge in [0.25, 0.3) is 5.91 Å². The van der Waals surface area contributed by atoms with Crippen molar-refractivity contribution in [3.05, 3.63) is 47.1 Å². The molecule has 9 nitrogen and oxygen atoms in total. The first-order chi connectivity index (χ1) is 12.0. The van der Waals surface area contributed by atoms with Gasteiger partial charge >= 0.3 is 5.97 Å². The Kier molecular flexibility index (Phi) is 6.39. The molecule has 1 aromatic rings. The predicted octanol–water partition coefficient (Wildman–Crippen LogP) is -0.631. The number of carboxylic acids is 1. The summed E-state index contributed by atoms with van der Waals surface area (Å²) in [7, 11) is 0. The number of thioether (sulfide) groups is 1. The smallest absolute Gasteiger partial charge is 0.323 e. The summed E-state index contributed by atoms with van der Waals surface area (Å²) in [5.41, 5.74) is 5.40. The van der Waals surface area contributed by atoms with E-state index in [-0.39, 0.29) is 12.5 Å². The number of carbonyl (C=O) groups is 3. The number of aliphatic hydroxyl groups excluding tert-OH is 1. The van der Waals surface area contributed by atoms with E-state index in [0.29, 0.717) is 5.56 Å². The zero-order chi connectivity index (χ0) is 18.4. The molecule has 2 amide bonds. The van der Waals surface area contributed by atoms with Gasteiger partial charge < -0.3 is 26.2 Å². The third-order valence-corrected chi connectivity index (χ3v) is 4.32. The minimum absolute atomic E-state index is 0.0621. The minimum atomic E-state index is -1.19. The number of nitrogens with one attached hydrogen (secondary N) is 1. The Morgan fingerprint density at radius 2 is 1.96 bits per heavy atom. The third-order valence-electron chi connectivity index (χ3n) is 3.34. The number of hydrogen-bond acceptors (Lipinski definition) is 7. The zero-order valence-corrected chi connectivity index (χ0v) is 14.0. The van der Waals surface area contributed by atoms with E-state index in [0.717, 1.165) is 16.7 Å². The molecular formula is C15H18N4O5S. The van der Waals surface area contributed by atoms with Gasteiger partial charge in [0.2, 0.25) is 5.91 Å². The number of amides is 2. The topological polar surface area (TPSA) is 136 Å². The highest BCUT2D eigenvalue weighted by Gasteiger charge is 2.34. The summed E-state index contributed by atoms with van der Waals surface area (Å²) in [6, 6.07) is 8.26. The van der Waals surface area contributed by atoms with Crippen LogP contribution in [0.25, 0.3) is 0 Å². The molecule has 0 bridgehead atoms. The number of benzene rings is 1. The van der Waals surface area contributed by atoms with E-state index in [1.807, 2.05) is 0 Å². The Labute approximate surface area is 148 Å². The number of hydrogen-bond donors (Lipinski definition) is 4. The number of aliphatic carboxylic acids is 1. The summed E-state index contributed by atoms with van der Waals surface area (Å²) in [6.45, 7) is -1.31. The van der Waals surface area contributed by atoms with Crippen molar-refractivity contribution < 1.29 is 24.6 Å². The minimum Gasteiger partial charge on any atom is -0.480 e. The fourth-order valence-corrected chi connectivity index (χ4v) is 3.27. The lowest BCUT2D eigenvalue weighted by atomic mass is 10.2. The number of carboxylic acid groups (broad SMARTS) is 1. The first-order valence-electron chi connectivity index (χ1n) is 7.29. The van der Waals surface area contributed by atoms with Crippen LogP contribution in [0.3, 0.4) is 0 Å². The molecule has 1 aliphatic heterocycles. The molecule has 0 spiro atoms. The van der Waals surface area contributed by atoms with Crippen LogP contribution in [0.5, 0.6) is 0 Å². The van der Waals surface area contributed by atoms with Crippen molar-refractivity contribution in [2.45, 2.75) is 5.50 Å². The molecule has 5 N–H and O–H groups in total. The van der Waals surface area contributed by atoms with Crippen molar-refractivity contribution >= 4 is 29.5 Å². The summed E-state index contributed by atoms with van der Waals surface area (Å²) >= 11 is 1.15. The lowest BCUT2D eigenvalue weighted by Crippen LogP contribution is -2.50. The standard InChI is InChI=1S/C15H18N4O5S/c16-9-19-12(8-25-15(19)17-11(21)7-20)18(6-13(22)23)14(24)10-4-2-1-3-5-10/h1-5,8,15,20H,6-7,9,16H2,(H,17,21)(H,22,23). The molecule has 1 atom stereocenters. The number of aliphatic hydroxyl groups is 1. The average Bonchev–Trinajstić information content (AvgIpc) is 3.01. The molecule has 0 aromatic heterocycles. The van der Waals surface area contributed by atoms with Gasteiger partial charge in [0.15, 0.2) is 5.50 Å². The lowest BCUT2D eigenvalue weighted by molar-refractivity contribution is -0.137. The van der Waals surface area contributed by atoms with Gasteiger partial charge in [0, 0.05) is 11.0 Å². The van der Waals surface area contributed by atoms with Gasteiger partial charge in [-0.2, -0.15) is 0 Å². The molecule has 134 valence electrons. The van der Waals surface area contributed by atoms with Crippen LogP contribution >= 0.6 is 11.8 Å². The van der Waals surface area contributed by atoms with Gasteiger partial charge in [-0.15, -0.1) is 0 Å². The monoisotopic (exact) mass is 366 g/mol. The van der Waals surface area contributed by atoms with Crippen molar-refractivity contribution in [1.82, 2.24) is 15.1 Å². The molecule has 0 saturated heterocycles. The van der Waals surface area contributed by atoms with Gasteiger partial charge in [-0.25, -0.2) is 0 Å². The molecule has 0 aliphatic carbocycles. The molecule has 1 aliphatic rings. The third kappa shape index (κ3) is 4.50. The van der Waals surface area contributed by atoms with Crippen LogP contribution in [0.4, 0.5) is 0 Å². The zero-order valence-electron chi connectivity index (χ0n) is 13.2. The van der Waals surface area contributed by atoms with Crippen molar-refractivity contribution in [1.29, 1.82) is 0 Å². The molecule has 0 fully saturated rings. The Morgan fingerprint density at radius 3 is 2.52 bits per heavy atom. The summed E-state index contributed by atoms with van der Waals surface area (Å²) in [5, 5.41) is 22.1. The fraction of sp³-hybridized carbons (Fsp3) is 0.267. The van der Waals surface area contributed by atoms with E-state index < -0.39 is 36.4 Å². The number of nitrogens with two attached hydrogens (primary N) is 1. The molecule has 1 aromatic carbocycles. The van der Waals surface area contributed by atoms with Crippen molar-refractivity contribution in [3.63, 3.8) is 0 Å². The first-order valence-corrected chi connectivity index (χ1v) is 8.23. The Bertz CT molecular complexity index is 682. The second kappa shape index (κ2) is 8.51. The van der Waals surface area contributed by atoms with Crippen molar-refractivity contribution in [2.75, 3.05) is 19.8 Å². The summed E-state index contributed by atoms with van der Waals surface area (Å²) in [4.78, 5) is 37.9. The van der Waals surface area contributed by atoms with Crippen LogP contribution in [0.2, 0.25) is 0 Å². The van der Waals surface area contributed by atoms with E-state index in [1.54, 1.807) is 35.7 Å². The Balaban J connectivity index is 2.26. The van der Waals surface area contributed by atoms with E-state index in [2.05, 4.69) is 5.32 Å². The predicted molar refractivity (Wildman–Crippen MR) is 90.7 cm³/mol. The van der Waals surface area contributed by atoms with Gasteiger partial charge in [-0.1, -0.05) is 30.0 Å². The van der Waals surface area contributed by atoms with E-state index in [9.17, 15) is 14.4 Å². The molecular weight excluding hydrogens is 348 g/mol. The normalized spacial score (nSPS) is 16.3. The molecule has 1 unspecified atom stereocenters. The maximum atomic E-state index is 12.7. The molecule has 10 heteroatoms. The maximum Gasteiger partial charge on any atom is 0.323 e. The summed E-state index contributed by atoms with van der Waals surface area (Å²) in [6.07, 6.45) is 0. The second-order valence-corrected chi connectivity index (χ2v) is 5.95. The van der Waals surface area contributed by atoms with Crippen LogP contribution in [0.15, 0.2) is 41.6 Å². The molecule has 1 heterocycles. The van der Waals surface area contributed by atoms with Crippen molar-refractivity contribution in [2.24, 2.45) is 5.73 Å². The Hall–Kier alpha value is -2.56. The fourth-order valence-electron chi connectivity index (χ4n) is 2.22. The van der Waals surface area contributed by atoms with E-state index in [1.165, 1.54) is 4.90 Å². The highest BCUT2D eigenvalue weighted by atomic mass is 32.2. The van der Waals surface area contributed by atoms with Crippen LogP contribution in [-0.2, 0) is 9.59 Å². The molecule has 0 saturated carbocycles.